The van der Waals surface area contributed by atoms with Crippen LogP contribution in [0.4, 0.5) is 0 Å². The van der Waals surface area contributed by atoms with Crippen LogP contribution in [0.15, 0.2) is 60.8 Å². The van der Waals surface area contributed by atoms with Crippen molar-refractivity contribution in [3.63, 3.8) is 0 Å². The van der Waals surface area contributed by atoms with Gasteiger partial charge < -0.3 is 5.11 Å². The van der Waals surface area contributed by atoms with Gasteiger partial charge >= 0.3 is 5.97 Å². The summed E-state index contributed by atoms with van der Waals surface area (Å²) in [6, 6.07) is 17.6. The molecule has 3 aromatic rings. The van der Waals surface area contributed by atoms with Crippen LogP contribution in [0.2, 0.25) is 0 Å². The predicted molar refractivity (Wildman–Crippen MR) is 78.5 cm³/mol. The van der Waals surface area contributed by atoms with E-state index >= 15 is 0 Å². The summed E-state index contributed by atoms with van der Waals surface area (Å²) in [4.78, 5) is 15.1. The van der Waals surface area contributed by atoms with Crippen molar-refractivity contribution in [2.45, 2.75) is 6.42 Å². The smallest absolute Gasteiger partial charge is 0.307 e. The molecule has 0 amide bonds. The van der Waals surface area contributed by atoms with Gasteiger partial charge in [0.1, 0.15) is 0 Å². The normalized spacial score (nSPS) is 10.6. The Morgan fingerprint density at radius 2 is 1.75 bits per heavy atom. The van der Waals surface area contributed by atoms with Crippen molar-refractivity contribution in [2.75, 3.05) is 0 Å². The molecule has 3 rings (SSSR count). The van der Waals surface area contributed by atoms with Crippen LogP contribution in [0, 0.1) is 0 Å². The van der Waals surface area contributed by atoms with Crippen LogP contribution in [0.3, 0.4) is 0 Å². The van der Waals surface area contributed by atoms with Crippen LogP contribution in [0.25, 0.3) is 22.0 Å². The number of aromatic nitrogens is 1. The summed E-state index contributed by atoms with van der Waals surface area (Å²) in [5.74, 6) is -0.815. The fourth-order valence-electron chi connectivity index (χ4n) is 2.31. The second-order valence-corrected chi connectivity index (χ2v) is 4.65. The maximum Gasteiger partial charge on any atom is 0.307 e. The van der Waals surface area contributed by atoms with Crippen molar-refractivity contribution in [1.29, 1.82) is 0 Å². The highest BCUT2D eigenvalue weighted by atomic mass is 16.4. The summed E-state index contributed by atoms with van der Waals surface area (Å²) >= 11 is 0. The quantitative estimate of drug-likeness (QED) is 0.786. The average molecular weight is 263 g/mol. The number of aliphatic carboxylic acids is 1. The average Bonchev–Trinajstić information content (AvgIpc) is 2.47. The largest absolute Gasteiger partial charge is 0.481 e. The topological polar surface area (TPSA) is 50.2 Å². The van der Waals surface area contributed by atoms with Crippen LogP contribution in [0.5, 0.6) is 0 Å². The van der Waals surface area contributed by atoms with Gasteiger partial charge in [0.05, 0.1) is 11.9 Å². The Bertz CT molecular complexity index is 758. The zero-order valence-corrected chi connectivity index (χ0v) is 10.8. The Hall–Kier alpha value is -2.68. The molecule has 98 valence electrons. The first-order valence-corrected chi connectivity index (χ1v) is 6.39. The minimum Gasteiger partial charge on any atom is -0.481 e. The molecule has 20 heavy (non-hydrogen) atoms. The van der Waals surface area contributed by atoms with Gasteiger partial charge in [0.2, 0.25) is 0 Å². The number of benzene rings is 2. The molecule has 0 aliphatic heterocycles. The number of rotatable bonds is 3. The van der Waals surface area contributed by atoms with Crippen LogP contribution < -0.4 is 0 Å². The van der Waals surface area contributed by atoms with Crippen molar-refractivity contribution in [3.8, 4) is 11.1 Å². The van der Waals surface area contributed by atoms with Gasteiger partial charge in [-0.3, -0.25) is 9.78 Å². The zero-order chi connectivity index (χ0) is 13.9. The number of fused-ring (bicyclic) bond motifs is 1. The Kier molecular flexibility index (Phi) is 3.17. The first-order chi connectivity index (χ1) is 9.74. The highest BCUT2D eigenvalue weighted by Gasteiger charge is 2.05. The number of pyridine rings is 1. The number of hydrogen-bond donors (Lipinski definition) is 1. The van der Waals surface area contributed by atoms with Crippen LogP contribution in [-0.4, -0.2) is 16.1 Å². The van der Waals surface area contributed by atoms with Crippen molar-refractivity contribution >= 4 is 16.9 Å². The van der Waals surface area contributed by atoms with Gasteiger partial charge in [-0.25, -0.2) is 0 Å². The molecule has 0 aliphatic rings. The Balaban J connectivity index is 2.05. The lowest BCUT2D eigenvalue weighted by atomic mass is 10.0. The van der Waals surface area contributed by atoms with E-state index in [-0.39, 0.29) is 6.42 Å². The lowest BCUT2D eigenvalue weighted by molar-refractivity contribution is -0.136. The molecule has 0 saturated carbocycles. The molecule has 0 aliphatic carbocycles. The summed E-state index contributed by atoms with van der Waals surface area (Å²) in [6.45, 7) is 0. The third-order valence-corrected chi connectivity index (χ3v) is 3.25. The van der Waals surface area contributed by atoms with Gasteiger partial charge in [-0.1, -0.05) is 48.5 Å². The van der Waals surface area contributed by atoms with E-state index in [1.54, 1.807) is 6.20 Å². The molecule has 1 aromatic heterocycles. The van der Waals surface area contributed by atoms with Crippen LogP contribution in [0.1, 0.15) is 5.56 Å². The fraction of sp³-hybridized carbons (Fsp3) is 0.0588. The van der Waals surface area contributed by atoms with Crippen LogP contribution in [-0.2, 0) is 11.2 Å². The van der Waals surface area contributed by atoms with E-state index in [0.29, 0.717) is 0 Å². The third-order valence-electron chi connectivity index (χ3n) is 3.25. The minimum atomic E-state index is -0.815. The van der Waals surface area contributed by atoms with Crippen molar-refractivity contribution in [1.82, 2.24) is 4.98 Å². The fourth-order valence-corrected chi connectivity index (χ4v) is 2.31. The summed E-state index contributed by atoms with van der Waals surface area (Å²) in [6.07, 6.45) is 1.83. The molecule has 0 atom stereocenters. The van der Waals surface area contributed by atoms with Gasteiger partial charge in [0, 0.05) is 17.1 Å². The molecule has 3 heteroatoms. The van der Waals surface area contributed by atoms with Gasteiger partial charge in [-0.05, 0) is 17.2 Å². The number of nitrogens with zero attached hydrogens (tertiary/aromatic N) is 1. The Labute approximate surface area is 116 Å². The zero-order valence-electron chi connectivity index (χ0n) is 10.8. The molecule has 0 unspecified atom stereocenters. The highest BCUT2D eigenvalue weighted by molar-refractivity contribution is 5.93. The highest BCUT2D eigenvalue weighted by Crippen LogP contribution is 2.27. The van der Waals surface area contributed by atoms with Gasteiger partial charge in [0.25, 0.3) is 0 Å². The molecule has 1 heterocycles. The number of hydrogen-bond acceptors (Lipinski definition) is 2. The van der Waals surface area contributed by atoms with Gasteiger partial charge in [-0.2, -0.15) is 0 Å². The molecule has 3 nitrogen and oxygen atoms in total. The summed E-state index contributed by atoms with van der Waals surface area (Å²) in [5, 5.41) is 9.88. The first kappa shape index (κ1) is 12.4. The number of carboxylic acid groups (broad SMARTS) is 1. The predicted octanol–water partition coefficient (Wildman–Crippen LogP) is 3.53. The van der Waals surface area contributed by atoms with E-state index in [4.69, 9.17) is 5.11 Å². The van der Waals surface area contributed by atoms with E-state index in [2.05, 4.69) is 4.98 Å². The van der Waals surface area contributed by atoms with Gasteiger partial charge in [0.15, 0.2) is 0 Å². The molecule has 1 N–H and O–H groups in total. The van der Waals surface area contributed by atoms with Crippen molar-refractivity contribution < 1.29 is 9.90 Å². The lowest BCUT2D eigenvalue weighted by Gasteiger charge is -2.06. The second kappa shape index (κ2) is 5.13. The number of carbonyl (C=O) groups is 1. The summed E-state index contributed by atoms with van der Waals surface area (Å²) in [5.41, 5.74) is 3.86. The minimum absolute atomic E-state index is 0.0497. The lowest BCUT2D eigenvalue weighted by Crippen LogP contribution is -1.99. The molecular formula is C17H13NO2. The SMILES string of the molecule is O=C(O)Cc1ccc(-c2cccc3cccnc23)cc1. The summed E-state index contributed by atoms with van der Waals surface area (Å²) < 4.78 is 0. The third kappa shape index (κ3) is 2.38. The Morgan fingerprint density at radius 1 is 1.00 bits per heavy atom. The van der Waals surface area contributed by atoms with Crippen molar-refractivity contribution in [2.24, 2.45) is 0 Å². The molecule has 0 spiro atoms. The summed E-state index contributed by atoms with van der Waals surface area (Å²) in [7, 11) is 0. The Morgan fingerprint density at radius 3 is 2.50 bits per heavy atom. The molecule has 0 fully saturated rings. The maximum absolute atomic E-state index is 10.7. The van der Waals surface area contributed by atoms with E-state index in [9.17, 15) is 4.79 Å². The molecular weight excluding hydrogens is 250 g/mol. The van der Waals surface area contributed by atoms with Crippen LogP contribution >= 0.6 is 0 Å². The van der Waals surface area contributed by atoms with Crippen molar-refractivity contribution in [3.05, 3.63) is 66.4 Å². The first-order valence-electron chi connectivity index (χ1n) is 6.39. The van der Waals surface area contributed by atoms with E-state index < -0.39 is 5.97 Å². The van der Waals surface area contributed by atoms with E-state index in [1.807, 2.05) is 54.6 Å². The molecule has 2 aromatic carbocycles. The second-order valence-electron chi connectivity index (χ2n) is 4.65. The van der Waals surface area contributed by atoms with E-state index in [1.165, 1.54) is 0 Å². The van der Waals surface area contributed by atoms with E-state index in [0.717, 1.165) is 27.6 Å². The number of carboxylic acids is 1. The maximum atomic E-state index is 10.7. The number of para-hydroxylation sites is 1. The standard InChI is InChI=1S/C17H13NO2/c19-16(20)11-12-6-8-13(9-7-12)15-5-1-3-14-4-2-10-18-17(14)15/h1-10H,11H2,(H,19,20). The molecule has 0 radical (unpaired) electrons. The molecule has 0 bridgehead atoms. The monoisotopic (exact) mass is 263 g/mol. The molecule has 0 saturated heterocycles. The van der Waals surface area contributed by atoms with Gasteiger partial charge in [-0.15, -0.1) is 0 Å².